The van der Waals surface area contributed by atoms with E-state index in [-0.39, 0.29) is 37.0 Å². The SMILES string of the molecule is Cl.Cl.O=C(O)[C@H](Cc1ccc(OCCN[C@H]2C3CN(Cc4ccc(C(F)(F)F)cc4)C[C@@H]32)cc1)Oc1ccc(C(F)(F)F)cc1. The van der Waals surface area contributed by atoms with Gasteiger partial charge >= 0.3 is 18.3 Å². The Morgan fingerprint density at radius 2 is 1.29 bits per heavy atom. The van der Waals surface area contributed by atoms with E-state index in [1.165, 1.54) is 12.1 Å². The second-order valence-corrected chi connectivity index (χ2v) is 10.9. The predicted molar refractivity (Wildman–Crippen MR) is 159 cm³/mol. The van der Waals surface area contributed by atoms with Crippen LogP contribution in [-0.4, -0.2) is 54.4 Å². The van der Waals surface area contributed by atoms with Crippen LogP contribution in [0.3, 0.4) is 0 Å². The smallest absolute Gasteiger partial charge is 0.416 e. The number of hydrogen-bond acceptors (Lipinski definition) is 5. The first-order valence-electron chi connectivity index (χ1n) is 13.8. The molecule has 1 saturated heterocycles. The van der Waals surface area contributed by atoms with Crippen molar-refractivity contribution in [3.8, 4) is 11.5 Å². The molecular formula is C31H32Cl2F6N2O4. The summed E-state index contributed by atoms with van der Waals surface area (Å²) in [4.78, 5) is 13.9. The van der Waals surface area contributed by atoms with Gasteiger partial charge in [0.15, 0.2) is 6.10 Å². The molecule has 14 heteroatoms. The van der Waals surface area contributed by atoms with E-state index in [1.807, 2.05) is 0 Å². The molecule has 246 valence electrons. The Bertz CT molecular complexity index is 1380. The highest BCUT2D eigenvalue weighted by molar-refractivity contribution is 5.85. The Balaban J connectivity index is 0.00000276. The number of carbonyl (C=O) groups is 1. The number of nitrogens with zero attached hydrogens (tertiary/aromatic N) is 1. The monoisotopic (exact) mass is 680 g/mol. The molecule has 2 fully saturated rings. The van der Waals surface area contributed by atoms with Crippen molar-refractivity contribution in [3.63, 3.8) is 0 Å². The number of fused-ring (bicyclic) bond motifs is 1. The number of benzene rings is 3. The number of nitrogens with one attached hydrogen (secondary N) is 1. The summed E-state index contributed by atoms with van der Waals surface area (Å²) in [5.74, 6) is 0.430. The van der Waals surface area contributed by atoms with Crippen LogP contribution < -0.4 is 14.8 Å². The first-order valence-corrected chi connectivity index (χ1v) is 13.8. The van der Waals surface area contributed by atoms with Crippen LogP contribution in [0.5, 0.6) is 11.5 Å². The Kier molecular flexibility index (Phi) is 12.0. The summed E-state index contributed by atoms with van der Waals surface area (Å²) in [6, 6.07) is 16.4. The minimum Gasteiger partial charge on any atom is -0.492 e. The molecule has 0 aromatic heterocycles. The van der Waals surface area contributed by atoms with Crippen LogP contribution in [0.15, 0.2) is 72.8 Å². The van der Waals surface area contributed by atoms with Crippen LogP contribution in [0.2, 0.25) is 0 Å². The molecule has 1 unspecified atom stereocenters. The van der Waals surface area contributed by atoms with Crippen LogP contribution in [0.25, 0.3) is 0 Å². The summed E-state index contributed by atoms with van der Waals surface area (Å²) in [6.07, 6.45) is -10.1. The first-order chi connectivity index (χ1) is 20.4. The van der Waals surface area contributed by atoms with Crippen molar-refractivity contribution >= 4 is 30.8 Å². The van der Waals surface area contributed by atoms with Gasteiger partial charge in [0.25, 0.3) is 0 Å². The lowest BCUT2D eigenvalue weighted by atomic mass is 10.1. The van der Waals surface area contributed by atoms with Crippen molar-refractivity contribution in [2.24, 2.45) is 11.8 Å². The highest BCUT2D eigenvalue weighted by atomic mass is 35.5. The molecule has 1 heterocycles. The number of carboxylic acids is 1. The maximum atomic E-state index is 12.8. The molecule has 2 aliphatic rings. The van der Waals surface area contributed by atoms with Crippen LogP contribution in [-0.2, 0) is 30.1 Å². The molecule has 3 aromatic carbocycles. The number of ether oxygens (including phenoxy) is 2. The molecular weight excluding hydrogens is 649 g/mol. The van der Waals surface area contributed by atoms with Gasteiger partial charge in [-0.25, -0.2) is 4.79 Å². The van der Waals surface area contributed by atoms with Gasteiger partial charge in [0, 0.05) is 38.6 Å². The third-order valence-corrected chi connectivity index (χ3v) is 7.79. The van der Waals surface area contributed by atoms with E-state index in [1.54, 1.807) is 24.3 Å². The number of hydrogen-bond donors (Lipinski definition) is 2. The summed E-state index contributed by atoms with van der Waals surface area (Å²) in [7, 11) is 0. The van der Waals surface area contributed by atoms with E-state index in [4.69, 9.17) is 9.47 Å². The largest absolute Gasteiger partial charge is 0.492 e. The minimum absolute atomic E-state index is 0. The molecule has 1 aliphatic heterocycles. The minimum atomic E-state index is -4.49. The Morgan fingerprint density at radius 3 is 1.80 bits per heavy atom. The van der Waals surface area contributed by atoms with Crippen molar-refractivity contribution in [3.05, 3.63) is 95.1 Å². The Morgan fingerprint density at radius 1 is 0.800 bits per heavy atom. The fourth-order valence-corrected chi connectivity index (χ4v) is 5.50. The molecule has 45 heavy (non-hydrogen) atoms. The third-order valence-electron chi connectivity index (χ3n) is 7.79. The second kappa shape index (κ2) is 14.9. The van der Waals surface area contributed by atoms with Gasteiger partial charge in [-0.05, 0) is 71.5 Å². The van der Waals surface area contributed by atoms with Gasteiger partial charge in [-0.2, -0.15) is 26.3 Å². The fourth-order valence-electron chi connectivity index (χ4n) is 5.50. The normalized spacial score (nSPS) is 19.9. The number of carboxylic acid groups (broad SMARTS) is 1. The molecule has 5 rings (SSSR count). The van der Waals surface area contributed by atoms with E-state index in [0.717, 1.165) is 55.1 Å². The van der Waals surface area contributed by atoms with Gasteiger partial charge in [-0.3, -0.25) is 4.90 Å². The Hall–Kier alpha value is -3.19. The molecule has 2 N–H and O–H groups in total. The van der Waals surface area contributed by atoms with Crippen LogP contribution >= 0.6 is 24.8 Å². The van der Waals surface area contributed by atoms with Gasteiger partial charge in [0.1, 0.15) is 18.1 Å². The lowest BCUT2D eigenvalue weighted by Crippen LogP contribution is -2.33. The lowest BCUT2D eigenvalue weighted by Gasteiger charge is -2.20. The molecule has 0 bridgehead atoms. The van der Waals surface area contributed by atoms with E-state index in [0.29, 0.717) is 48.9 Å². The number of likely N-dealkylation sites (tertiary alicyclic amines) is 1. The number of rotatable bonds is 12. The van der Waals surface area contributed by atoms with Crippen molar-refractivity contribution in [2.75, 3.05) is 26.2 Å². The maximum absolute atomic E-state index is 12.8. The van der Waals surface area contributed by atoms with E-state index >= 15 is 0 Å². The summed E-state index contributed by atoms with van der Waals surface area (Å²) in [6.45, 7) is 3.49. The van der Waals surface area contributed by atoms with Gasteiger partial charge < -0.3 is 19.9 Å². The van der Waals surface area contributed by atoms with Crippen LogP contribution in [0.1, 0.15) is 22.3 Å². The third kappa shape index (κ3) is 9.65. The van der Waals surface area contributed by atoms with Crippen molar-refractivity contribution in [1.82, 2.24) is 10.2 Å². The summed E-state index contributed by atoms with van der Waals surface area (Å²) in [5, 5.41) is 13.0. The average Bonchev–Trinajstić information content (AvgIpc) is 3.40. The first kappa shape index (κ1) is 36.3. The summed E-state index contributed by atoms with van der Waals surface area (Å²) in [5.41, 5.74) is 0.0398. The molecule has 6 nitrogen and oxygen atoms in total. The predicted octanol–water partition coefficient (Wildman–Crippen LogP) is 6.74. The zero-order valence-corrected chi connectivity index (χ0v) is 25.3. The van der Waals surface area contributed by atoms with Crippen molar-refractivity contribution in [2.45, 2.75) is 37.5 Å². The van der Waals surface area contributed by atoms with E-state index in [9.17, 15) is 36.2 Å². The van der Waals surface area contributed by atoms with Crippen LogP contribution in [0, 0.1) is 11.8 Å². The fraction of sp³-hybridized carbons (Fsp3) is 0.387. The van der Waals surface area contributed by atoms with E-state index < -0.39 is 35.6 Å². The molecule has 0 spiro atoms. The average molecular weight is 682 g/mol. The molecule has 4 atom stereocenters. The van der Waals surface area contributed by atoms with Crippen LogP contribution in [0.4, 0.5) is 26.3 Å². The molecule has 3 aromatic rings. The topological polar surface area (TPSA) is 71.0 Å². The molecule has 1 saturated carbocycles. The zero-order chi connectivity index (χ0) is 30.8. The maximum Gasteiger partial charge on any atom is 0.416 e. The standard InChI is InChI=1S/C31H30F6N2O4.2ClH/c32-30(33,34)21-5-1-20(2-6-21)16-39-17-25-26(18-39)28(25)38-13-14-42-23-9-3-19(4-10-23)15-27(29(40)41)43-24-11-7-22(8-12-24)31(35,36)37;;/h1-12,25-28,38H,13-18H2,(H,40,41);2*1H/t25-,26?,27-,28+;;/m0../s1. The quantitative estimate of drug-likeness (QED) is 0.163. The number of piperidine rings is 1. The van der Waals surface area contributed by atoms with Crippen molar-refractivity contribution < 1.29 is 45.7 Å². The summed E-state index contributed by atoms with van der Waals surface area (Å²) < 4.78 is 87.7. The van der Waals surface area contributed by atoms with Gasteiger partial charge in [0.05, 0.1) is 11.1 Å². The van der Waals surface area contributed by atoms with Gasteiger partial charge in [-0.1, -0.05) is 24.3 Å². The number of halogens is 8. The number of alkyl halides is 6. The molecule has 0 radical (unpaired) electrons. The molecule has 1 aliphatic carbocycles. The highest BCUT2D eigenvalue weighted by Crippen LogP contribution is 2.45. The van der Waals surface area contributed by atoms with Crippen molar-refractivity contribution in [1.29, 1.82) is 0 Å². The molecule has 0 amide bonds. The van der Waals surface area contributed by atoms with Gasteiger partial charge in [0.2, 0.25) is 0 Å². The van der Waals surface area contributed by atoms with E-state index in [2.05, 4.69) is 10.2 Å². The Labute approximate surface area is 268 Å². The van der Waals surface area contributed by atoms with Gasteiger partial charge in [-0.15, -0.1) is 24.8 Å². The summed E-state index contributed by atoms with van der Waals surface area (Å²) >= 11 is 0. The zero-order valence-electron chi connectivity index (χ0n) is 23.7. The lowest BCUT2D eigenvalue weighted by molar-refractivity contribution is -0.145. The number of aliphatic carboxylic acids is 1. The highest BCUT2D eigenvalue weighted by Gasteiger charge is 2.55. The second-order valence-electron chi connectivity index (χ2n) is 10.9.